The number of hydrogen-bond acceptors (Lipinski definition) is 4. The average Bonchev–Trinajstić information content (AvgIpc) is 2.66. The van der Waals surface area contributed by atoms with Crippen molar-refractivity contribution in [3.8, 4) is 5.88 Å². The van der Waals surface area contributed by atoms with Crippen LogP contribution in [0.4, 0.5) is 0 Å². The van der Waals surface area contributed by atoms with Gasteiger partial charge in [0.25, 0.3) is 0 Å². The molecule has 0 unspecified atom stereocenters. The minimum atomic E-state index is 0.0627. The largest absolute Gasteiger partial charge is 0.473 e. The standard InChI is InChI=1S/C20H30ClN3O2/c21-10-3-2-8-19(25)22-11-4-7-15-26-20-16-18(9-12-23-20)17-24-13-5-1-6-14-24/h4,7,9,12,16H,1-3,5-6,8,10-11,13-15,17H2,(H,22,25). The van der Waals surface area contributed by atoms with E-state index in [1.54, 1.807) is 6.20 Å². The van der Waals surface area contributed by atoms with Crippen LogP contribution >= 0.6 is 11.6 Å². The highest BCUT2D eigenvalue weighted by molar-refractivity contribution is 6.17. The Morgan fingerprint density at radius 1 is 1.27 bits per heavy atom. The summed E-state index contributed by atoms with van der Waals surface area (Å²) < 4.78 is 5.68. The minimum absolute atomic E-state index is 0.0627. The van der Waals surface area contributed by atoms with E-state index in [1.807, 2.05) is 18.2 Å². The second-order valence-corrected chi connectivity index (χ2v) is 6.95. The fraction of sp³-hybridized carbons (Fsp3) is 0.600. The van der Waals surface area contributed by atoms with Crippen molar-refractivity contribution in [2.75, 3.05) is 32.1 Å². The number of halogens is 1. The Hall–Kier alpha value is -1.59. The summed E-state index contributed by atoms with van der Waals surface area (Å²) in [4.78, 5) is 18.3. The molecule has 6 heteroatoms. The van der Waals surface area contributed by atoms with Gasteiger partial charge in [-0.05, 0) is 56.5 Å². The van der Waals surface area contributed by atoms with Crippen LogP contribution in [0.1, 0.15) is 44.1 Å². The molecule has 1 saturated heterocycles. The Kier molecular flexibility index (Phi) is 10.1. The number of carbonyl (C=O) groups excluding carboxylic acids is 1. The summed E-state index contributed by atoms with van der Waals surface area (Å²) in [5.41, 5.74) is 1.24. The van der Waals surface area contributed by atoms with E-state index in [1.165, 1.54) is 37.9 Å². The van der Waals surface area contributed by atoms with Gasteiger partial charge in [-0.1, -0.05) is 12.5 Å². The molecule has 1 fully saturated rings. The minimum Gasteiger partial charge on any atom is -0.473 e. The number of likely N-dealkylation sites (tertiary alicyclic amines) is 1. The molecule has 1 aliphatic rings. The van der Waals surface area contributed by atoms with E-state index < -0.39 is 0 Å². The van der Waals surface area contributed by atoms with Crippen molar-refractivity contribution in [3.63, 3.8) is 0 Å². The van der Waals surface area contributed by atoms with Crippen molar-refractivity contribution in [2.45, 2.75) is 45.1 Å². The van der Waals surface area contributed by atoms with Gasteiger partial charge >= 0.3 is 0 Å². The molecule has 1 aliphatic heterocycles. The van der Waals surface area contributed by atoms with E-state index in [0.29, 0.717) is 31.3 Å². The number of piperidine rings is 1. The van der Waals surface area contributed by atoms with E-state index >= 15 is 0 Å². The van der Waals surface area contributed by atoms with Crippen LogP contribution in [0.15, 0.2) is 30.5 Å². The molecular weight excluding hydrogens is 350 g/mol. The number of nitrogens with zero attached hydrogens (tertiary/aromatic N) is 2. The van der Waals surface area contributed by atoms with E-state index in [4.69, 9.17) is 16.3 Å². The molecule has 5 nitrogen and oxygen atoms in total. The second-order valence-electron chi connectivity index (χ2n) is 6.57. The van der Waals surface area contributed by atoms with E-state index in [-0.39, 0.29) is 5.91 Å². The molecule has 1 N–H and O–H groups in total. The molecule has 0 saturated carbocycles. The van der Waals surface area contributed by atoms with Crippen LogP contribution in [0.2, 0.25) is 0 Å². The Bertz CT molecular complexity index is 560. The van der Waals surface area contributed by atoms with Crippen LogP contribution in [0.25, 0.3) is 0 Å². The number of aromatic nitrogens is 1. The normalized spacial score (nSPS) is 15.3. The molecule has 0 spiro atoms. The van der Waals surface area contributed by atoms with Crippen molar-refractivity contribution >= 4 is 17.5 Å². The predicted molar refractivity (Wildman–Crippen MR) is 106 cm³/mol. The summed E-state index contributed by atoms with van der Waals surface area (Å²) in [6.07, 6.45) is 11.8. The molecule has 0 bridgehead atoms. The van der Waals surface area contributed by atoms with Crippen molar-refractivity contribution in [2.24, 2.45) is 0 Å². The van der Waals surface area contributed by atoms with Gasteiger partial charge in [0, 0.05) is 37.7 Å². The molecule has 1 aromatic rings. The molecular formula is C20H30ClN3O2. The predicted octanol–water partition coefficient (Wildman–Crippen LogP) is 3.53. The van der Waals surface area contributed by atoms with Crippen LogP contribution in [0, 0.1) is 0 Å². The van der Waals surface area contributed by atoms with Crippen LogP contribution in [-0.4, -0.2) is 47.9 Å². The zero-order chi connectivity index (χ0) is 18.5. The first kappa shape index (κ1) is 20.7. The van der Waals surface area contributed by atoms with Crippen LogP contribution in [0.5, 0.6) is 5.88 Å². The lowest BCUT2D eigenvalue weighted by Crippen LogP contribution is -2.29. The van der Waals surface area contributed by atoms with Crippen LogP contribution in [-0.2, 0) is 11.3 Å². The van der Waals surface area contributed by atoms with Gasteiger partial charge in [0.05, 0.1) is 0 Å². The highest BCUT2D eigenvalue weighted by Gasteiger charge is 2.10. The van der Waals surface area contributed by atoms with Crippen molar-refractivity contribution in [3.05, 3.63) is 36.0 Å². The quantitative estimate of drug-likeness (QED) is 0.363. The van der Waals surface area contributed by atoms with Crippen LogP contribution in [0.3, 0.4) is 0 Å². The lowest BCUT2D eigenvalue weighted by atomic mass is 10.1. The van der Waals surface area contributed by atoms with Gasteiger partial charge < -0.3 is 10.1 Å². The van der Waals surface area contributed by atoms with E-state index in [0.717, 1.165) is 19.4 Å². The Balaban J connectivity index is 1.62. The van der Waals surface area contributed by atoms with Crippen molar-refractivity contribution < 1.29 is 9.53 Å². The van der Waals surface area contributed by atoms with Gasteiger partial charge in [0.1, 0.15) is 6.61 Å². The zero-order valence-corrected chi connectivity index (χ0v) is 16.2. The Labute approximate surface area is 161 Å². The number of carbonyl (C=O) groups is 1. The van der Waals surface area contributed by atoms with Gasteiger partial charge in [-0.2, -0.15) is 0 Å². The highest BCUT2D eigenvalue weighted by atomic mass is 35.5. The summed E-state index contributed by atoms with van der Waals surface area (Å²) in [6.45, 7) is 4.29. The fourth-order valence-electron chi connectivity index (χ4n) is 2.93. The molecule has 2 rings (SSSR count). The number of amides is 1. The Morgan fingerprint density at radius 3 is 2.92 bits per heavy atom. The van der Waals surface area contributed by atoms with E-state index in [9.17, 15) is 4.79 Å². The van der Waals surface area contributed by atoms with Gasteiger partial charge in [-0.3, -0.25) is 9.69 Å². The molecule has 2 heterocycles. The third-order valence-electron chi connectivity index (χ3n) is 4.35. The zero-order valence-electron chi connectivity index (χ0n) is 15.5. The van der Waals surface area contributed by atoms with Gasteiger partial charge in [0.2, 0.25) is 11.8 Å². The first-order chi connectivity index (χ1) is 12.8. The molecule has 0 aliphatic carbocycles. The topological polar surface area (TPSA) is 54.5 Å². The first-order valence-electron chi connectivity index (χ1n) is 9.55. The maximum absolute atomic E-state index is 11.5. The summed E-state index contributed by atoms with van der Waals surface area (Å²) in [7, 11) is 0. The lowest BCUT2D eigenvalue weighted by Gasteiger charge is -2.26. The third kappa shape index (κ3) is 8.68. The summed E-state index contributed by atoms with van der Waals surface area (Å²) in [6, 6.07) is 4.07. The number of nitrogens with one attached hydrogen (secondary N) is 1. The molecule has 26 heavy (non-hydrogen) atoms. The molecule has 0 radical (unpaired) electrons. The molecule has 144 valence electrons. The summed E-state index contributed by atoms with van der Waals surface area (Å²) >= 11 is 5.59. The Morgan fingerprint density at radius 2 is 2.12 bits per heavy atom. The molecule has 1 aromatic heterocycles. The second kappa shape index (κ2) is 12.7. The van der Waals surface area contributed by atoms with Crippen molar-refractivity contribution in [1.29, 1.82) is 0 Å². The number of hydrogen-bond donors (Lipinski definition) is 1. The summed E-state index contributed by atoms with van der Waals surface area (Å²) in [5, 5.41) is 2.85. The first-order valence-corrected chi connectivity index (χ1v) is 10.1. The average molecular weight is 380 g/mol. The van der Waals surface area contributed by atoms with Gasteiger partial charge in [-0.25, -0.2) is 4.98 Å². The third-order valence-corrected chi connectivity index (χ3v) is 4.62. The number of pyridine rings is 1. The van der Waals surface area contributed by atoms with Crippen LogP contribution < -0.4 is 10.1 Å². The monoisotopic (exact) mass is 379 g/mol. The van der Waals surface area contributed by atoms with E-state index in [2.05, 4.69) is 21.3 Å². The number of ether oxygens (including phenoxy) is 1. The SMILES string of the molecule is O=C(CCCCCl)NCC=CCOc1cc(CN2CCCCC2)ccn1. The van der Waals surface area contributed by atoms with Gasteiger partial charge in [-0.15, -0.1) is 11.6 Å². The number of rotatable bonds is 11. The van der Waals surface area contributed by atoms with Gasteiger partial charge in [0.15, 0.2) is 0 Å². The molecule has 0 aromatic carbocycles. The lowest BCUT2D eigenvalue weighted by molar-refractivity contribution is -0.120. The summed E-state index contributed by atoms with van der Waals surface area (Å²) in [5.74, 6) is 1.32. The molecule has 1 amide bonds. The number of alkyl halides is 1. The maximum atomic E-state index is 11.5. The maximum Gasteiger partial charge on any atom is 0.220 e. The highest BCUT2D eigenvalue weighted by Crippen LogP contribution is 2.15. The number of unbranched alkanes of at least 4 members (excludes halogenated alkanes) is 1. The van der Waals surface area contributed by atoms with Crippen molar-refractivity contribution in [1.82, 2.24) is 15.2 Å². The fourth-order valence-corrected chi connectivity index (χ4v) is 3.12. The molecule has 0 atom stereocenters. The smallest absolute Gasteiger partial charge is 0.220 e.